The molecule has 0 aliphatic heterocycles. The molecule has 1 rings (SSSR count). The Balaban J connectivity index is 2.36. The second-order valence-corrected chi connectivity index (χ2v) is 5.97. The first-order chi connectivity index (χ1) is 10.3. The standard InChI is InChI=1S/C16H26N2O4/c1-5-21-15(20)18-12-6-8-14(9-7-12)22-11-13(19)10-17-16(2,3)4/h6-9,13,17,19H,5,10-11H2,1-4H3,(H,18,20). The maximum absolute atomic E-state index is 11.3. The molecule has 0 saturated heterocycles. The number of aliphatic hydroxyl groups excluding tert-OH is 1. The molecule has 0 saturated carbocycles. The summed E-state index contributed by atoms with van der Waals surface area (Å²) < 4.78 is 10.3. The fourth-order valence-electron chi connectivity index (χ4n) is 1.59. The van der Waals surface area contributed by atoms with Crippen molar-refractivity contribution in [2.45, 2.75) is 39.3 Å². The van der Waals surface area contributed by atoms with Gasteiger partial charge in [-0.15, -0.1) is 0 Å². The fourth-order valence-corrected chi connectivity index (χ4v) is 1.59. The van der Waals surface area contributed by atoms with Gasteiger partial charge in [0.25, 0.3) is 0 Å². The minimum absolute atomic E-state index is 0.0403. The highest BCUT2D eigenvalue weighted by atomic mass is 16.5. The lowest BCUT2D eigenvalue weighted by Gasteiger charge is -2.23. The first kappa shape index (κ1) is 18.3. The molecule has 0 aliphatic carbocycles. The van der Waals surface area contributed by atoms with Crippen LogP contribution in [0.5, 0.6) is 5.75 Å². The normalized spacial score (nSPS) is 12.6. The topological polar surface area (TPSA) is 79.8 Å². The molecule has 3 N–H and O–H groups in total. The zero-order valence-electron chi connectivity index (χ0n) is 13.7. The van der Waals surface area contributed by atoms with Crippen LogP contribution in [0.1, 0.15) is 27.7 Å². The summed E-state index contributed by atoms with van der Waals surface area (Å²) in [5.74, 6) is 0.629. The monoisotopic (exact) mass is 310 g/mol. The Bertz CT molecular complexity index is 454. The second-order valence-electron chi connectivity index (χ2n) is 5.97. The molecule has 1 aromatic carbocycles. The van der Waals surface area contributed by atoms with Crippen molar-refractivity contribution in [2.75, 3.05) is 25.1 Å². The number of amides is 1. The maximum Gasteiger partial charge on any atom is 0.411 e. The Hall–Kier alpha value is -1.79. The minimum atomic E-state index is -0.587. The van der Waals surface area contributed by atoms with Crippen molar-refractivity contribution in [3.63, 3.8) is 0 Å². The van der Waals surface area contributed by atoms with Crippen LogP contribution < -0.4 is 15.4 Å². The average Bonchev–Trinajstić information content (AvgIpc) is 2.44. The smallest absolute Gasteiger partial charge is 0.411 e. The van der Waals surface area contributed by atoms with E-state index in [9.17, 15) is 9.90 Å². The fraction of sp³-hybridized carbons (Fsp3) is 0.562. The van der Waals surface area contributed by atoms with Crippen molar-refractivity contribution < 1.29 is 19.4 Å². The minimum Gasteiger partial charge on any atom is -0.491 e. The van der Waals surface area contributed by atoms with E-state index in [1.165, 1.54) is 0 Å². The first-order valence-electron chi connectivity index (χ1n) is 7.40. The maximum atomic E-state index is 11.3. The van der Waals surface area contributed by atoms with Crippen molar-refractivity contribution in [2.24, 2.45) is 0 Å². The largest absolute Gasteiger partial charge is 0.491 e. The lowest BCUT2D eigenvalue weighted by atomic mass is 10.1. The molecule has 0 heterocycles. The molecule has 0 fully saturated rings. The number of carbonyl (C=O) groups excluding carboxylic acids is 1. The van der Waals surface area contributed by atoms with E-state index in [1.807, 2.05) is 20.8 Å². The molecule has 0 radical (unpaired) electrons. The molecule has 0 spiro atoms. The van der Waals surface area contributed by atoms with Crippen LogP contribution in [0.4, 0.5) is 10.5 Å². The van der Waals surface area contributed by atoms with Crippen molar-refractivity contribution in [1.29, 1.82) is 0 Å². The third-order valence-corrected chi connectivity index (χ3v) is 2.69. The summed E-state index contributed by atoms with van der Waals surface area (Å²) in [4.78, 5) is 11.3. The number of rotatable bonds is 7. The van der Waals surface area contributed by atoms with Gasteiger partial charge in [0.1, 0.15) is 18.5 Å². The zero-order chi connectivity index (χ0) is 16.6. The Labute approximate surface area is 131 Å². The van der Waals surface area contributed by atoms with Gasteiger partial charge >= 0.3 is 6.09 Å². The van der Waals surface area contributed by atoms with Crippen LogP contribution in [-0.2, 0) is 4.74 Å². The van der Waals surface area contributed by atoms with Crippen molar-refractivity contribution >= 4 is 11.8 Å². The van der Waals surface area contributed by atoms with Gasteiger partial charge in [-0.1, -0.05) is 0 Å². The molecular weight excluding hydrogens is 284 g/mol. The summed E-state index contributed by atoms with van der Waals surface area (Å²) in [6, 6.07) is 6.88. The second kappa shape index (κ2) is 8.60. The van der Waals surface area contributed by atoms with E-state index in [1.54, 1.807) is 31.2 Å². The van der Waals surface area contributed by atoms with Crippen LogP contribution in [0.3, 0.4) is 0 Å². The number of benzene rings is 1. The lowest BCUT2D eigenvalue weighted by molar-refractivity contribution is 0.100. The van der Waals surface area contributed by atoms with E-state index in [4.69, 9.17) is 9.47 Å². The molecule has 6 heteroatoms. The third kappa shape index (κ3) is 7.85. The summed E-state index contributed by atoms with van der Waals surface area (Å²) in [6.07, 6.45) is -1.07. The molecule has 0 aliphatic rings. The summed E-state index contributed by atoms with van der Waals surface area (Å²) in [6.45, 7) is 8.85. The number of anilines is 1. The molecule has 124 valence electrons. The number of ether oxygens (including phenoxy) is 2. The Morgan fingerprint density at radius 3 is 2.45 bits per heavy atom. The van der Waals surface area contributed by atoms with Gasteiger partial charge in [0.05, 0.1) is 6.61 Å². The summed E-state index contributed by atoms with van der Waals surface area (Å²) in [5, 5.41) is 15.7. The summed E-state index contributed by atoms with van der Waals surface area (Å²) in [7, 11) is 0. The molecule has 6 nitrogen and oxygen atoms in total. The highest BCUT2D eigenvalue weighted by Crippen LogP contribution is 2.16. The third-order valence-electron chi connectivity index (χ3n) is 2.69. The van der Waals surface area contributed by atoms with E-state index in [-0.39, 0.29) is 12.1 Å². The number of hydrogen-bond donors (Lipinski definition) is 3. The van der Waals surface area contributed by atoms with Crippen molar-refractivity contribution in [1.82, 2.24) is 5.32 Å². The molecule has 1 unspecified atom stereocenters. The number of nitrogens with one attached hydrogen (secondary N) is 2. The van der Waals surface area contributed by atoms with E-state index < -0.39 is 12.2 Å². The van der Waals surface area contributed by atoms with E-state index in [2.05, 4.69) is 10.6 Å². The van der Waals surface area contributed by atoms with Crippen molar-refractivity contribution in [3.05, 3.63) is 24.3 Å². The molecule has 0 bridgehead atoms. The highest BCUT2D eigenvalue weighted by molar-refractivity contribution is 5.84. The van der Waals surface area contributed by atoms with Gasteiger partial charge in [-0.05, 0) is 52.0 Å². The molecule has 1 aromatic rings. The van der Waals surface area contributed by atoms with Gasteiger partial charge in [-0.3, -0.25) is 5.32 Å². The molecule has 0 aromatic heterocycles. The Kier molecular flexibility index (Phi) is 7.14. The SMILES string of the molecule is CCOC(=O)Nc1ccc(OCC(O)CNC(C)(C)C)cc1. The Morgan fingerprint density at radius 1 is 1.27 bits per heavy atom. The number of β-amino-alcohol motifs (C(OH)–C–C–N with tert-alkyl or cyclic N) is 1. The van der Waals surface area contributed by atoms with Crippen LogP contribution in [-0.4, -0.2) is 42.6 Å². The Morgan fingerprint density at radius 2 is 1.91 bits per heavy atom. The lowest BCUT2D eigenvalue weighted by Crippen LogP contribution is -2.42. The molecular formula is C16H26N2O4. The van der Waals surface area contributed by atoms with E-state index in [0.29, 0.717) is 24.6 Å². The van der Waals surface area contributed by atoms with E-state index in [0.717, 1.165) is 0 Å². The van der Waals surface area contributed by atoms with Crippen molar-refractivity contribution in [3.8, 4) is 5.75 Å². The number of carbonyl (C=O) groups is 1. The van der Waals surface area contributed by atoms with E-state index >= 15 is 0 Å². The van der Waals surface area contributed by atoms with Gasteiger partial charge in [0.2, 0.25) is 0 Å². The predicted octanol–water partition coefficient (Wildman–Crippen LogP) is 2.38. The van der Waals surface area contributed by atoms with Gasteiger partial charge < -0.3 is 19.9 Å². The summed E-state index contributed by atoms with van der Waals surface area (Å²) in [5.41, 5.74) is 0.585. The highest BCUT2D eigenvalue weighted by Gasteiger charge is 2.12. The van der Waals surface area contributed by atoms with Gasteiger partial charge in [0.15, 0.2) is 0 Å². The van der Waals surface area contributed by atoms with Gasteiger partial charge in [0, 0.05) is 17.8 Å². The van der Waals surface area contributed by atoms with Crippen LogP contribution >= 0.6 is 0 Å². The molecule has 22 heavy (non-hydrogen) atoms. The van der Waals surface area contributed by atoms with Gasteiger partial charge in [-0.25, -0.2) is 4.79 Å². The van der Waals surface area contributed by atoms with Crippen LogP contribution in [0.2, 0.25) is 0 Å². The van der Waals surface area contributed by atoms with Crippen LogP contribution in [0, 0.1) is 0 Å². The van der Waals surface area contributed by atoms with Crippen LogP contribution in [0.25, 0.3) is 0 Å². The number of hydrogen-bond acceptors (Lipinski definition) is 5. The zero-order valence-corrected chi connectivity index (χ0v) is 13.7. The van der Waals surface area contributed by atoms with Crippen LogP contribution in [0.15, 0.2) is 24.3 Å². The number of aliphatic hydroxyl groups is 1. The molecule has 1 atom stereocenters. The first-order valence-corrected chi connectivity index (χ1v) is 7.40. The summed E-state index contributed by atoms with van der Waals surface area (Å²) >= 11 is 0. The quantitative estimate of drug-likeness (QED) is 0.720. The molecule has 1 amide bonds. The average molecular weight is 310 g/mol. The van der Waals surface area contributed by atoms with Gasteiger partial charge in [-0.2, -0.15) is 0 Å². The predicted molar refractivity (Wildman–Crippen MR) is 86.3 cm³/mol.